The molecule has 0 amide bonds. The number of amidine groups is 1. The quantitative estimate of drug-likeness (QED) is 0.370. The number of nitrogens with two attached hydrogens (primary N) is 1. The Balaban J connectivity index is 2.27. The molecule has 0 saturated carbocycles. The van der Waals surface area contributed by atoms with E-state index in [9.17, 15) is 4.79 Å². The van der Waals surface area contributed by atoms with Gasteiger partial charge in [-0.1, -0.05) is 55.8 Å². The highest BCUT2D eigenvalue weighted by atomic mass is 16.5. The molecule has 4 nitrogen and oxygen atoms in total. The van der Waals surface area contributed by atoms with Crippen LogP contribution in [0.3, 0.4) is 0 Å². The summed E-state index contributed by atoms with van der Waals surface area (Å²) in [6.07, 6.45) is 1.85. The summed E-state index contributed by atoms with van der Waals surface area (Å²) in [7, 11) is 0. The number of benzene rings is 2. The number of unbranched alkanes of at least 4 members (excludes halogenated alkanes) is 1. The molecule has 0 aliphatic rings. The highest BCUT2D eigenvalue weighted by Gasteiger charge is 2.13. The summed E-state index contributed by atoms with van der Waals surface area (Å²) in [5.74, 6) is -0.279. The van der Waals surface area contributed by atoms with E-state index in [1.807, 2.05) is 30.3 Å². The van der Waals surface area contributed by atoms with Crippen molar-refractivity contribution in [2.24, 2.45) is 5.73 Å². The molecule has 0 spiro atoms. The van der Waals surface area contributed by atoms with Gasteiger partial charge in [0.1, 0.15) is 5.84 Å². The van der Waals surface area contributed by atoms with Crippen LogP contribution in [0.15, 0.2) is 48.5 Å². The molecule has 0 aromatic heterocycles. The summed E-state index contributed by atoms with van der Waals surface area (Å²) in [6, 6.07) is 14.6. The lowest BCUT2D eigenvalue weighted by molar-refractivity contribution is 0.0500. The van der Waals surface area contributed by atoms with Crippen LogP contribution in [0.4, 0.5) is 0 Å². The third-order valence-corrected chi connectivity index (χ3v) is 3.38. The fourth-order valence-corrected chi connectivity index (χ4v) is 2.13. The van der Waals surface area contributed by atoms with E-state index < -0.39 is 0 Å². The molecule has 0 fully saturated rings. The summed E-state index contributed by atoms with van der Waals surface area (Å²) in [5, 5.41) is 7.42. The standard InChI is InChI=1S/C18H20N2O2/c1-2-3-12-22-18(21)16-7-5-4-6-15(16)13-8-10-14(11-9-13)17(19)20/h4-11H,2-3,12H2,1H3,(H3,19,20). The van der Waals surface area contributed by atoms with E-state index in [-0.39, 0.29) is 11.8 Å². The highest BCUT2D eigenvalue weighted by molar-refractivity contribution is 5.98. The number of carbonyl (C=O) groups is 1. The Morgan fingerprint density at radius 3 is 2.45 bits per heavy atom. The number of rotatable bonds is 6. The molecule has 0 atom stereocenters. The third-order valence-electron chi connectivity index (χ3n) is 3.38. The first-order valence-corrected chi connectivity index (χ1v) is 7.34. The Kier molecular flexibility index (Phi) is 5.31. The van der Waals surface area contributed by atoms with Crippen molar-refractivity contribution in [1.29, 1.82) is 5.41 Å². The van der Waals surface area contributed by atoms with Gasteiger partial charge in [-0.25, -0.2) is 4.79 Å². The van der Waals surface area contributed by atoms with E-state index >= 15 is 0 Å². The second-order valence-corrected chi connectivity index (χ2v) is 5.03. The lowest BCUT2D eigenvalue weighted by Gasteiger charge is -2.10. The lowest BCUT2D eigenvalue weighted by Crippen LogP contribution is -2.10. The van der Waals surface area contributed by atoms with Crippen molar-refractivity contribution in [2.45, 2.75) is 19.8 Å². The van der Waals surface area contributed by atoms with Crippen molar-refractivity contribution in [1.82, 2.24) is 0 Å². The molecule has 0 aliphatic heterocycles. The summed E-state index contributed by atoms with van der Waals surface area (Å²) in [4.78, 5) is 12.2. The lowest BCUT2D eigenvalue weighted by atomic mass is 9.98. The SMILES string of the molecule is CCCCOC(=O)c1ccccc1-c1ccc(C(=N)N)cc1. The van der Waals surface area contributed by atoms with E-state index in [1.54, 1.807) is 18.2 Å². The number of hydrogen-bond acceptors (Lipinski definition) is 3. The zero-order chi connectivity index (χ0) is 15.9. The van der Waals surface area contributed by atoms with Gasteiger partial charge < -0.3 is 10.5 Å². The van der Waals surface area contributed by atoms with Crippen molar-refractivity contribution in [3.8, 4) is 11.1 Å². The van der Waals surface area contributed by atoms with Crippen LogP contribution in [0.2, 0.25) is 0 Å². The Bertz CT molecular complexity index is 663. The largest absolute Gasteiger partial charge is 0.462 e. The minimum atomic E-state index is -0.306. The molecule has 0 saturated heterocycles. The average Bonchev–Trinajstić information content (AvgIpc) is 2.55. The van der Waals surface area contributed by atoms with Crippen LogP contribution < -0.4 is 5.73 Å². The molecule has 4 heteroatoms. The van der Waals surface area contributed by atoms with E-state index in [4.69, 9.17) is 15.9 Å². The van der Waals surface area contributed by atoms with Crippen molar-refractivity contribution < 1.29 is 9.53 Å². The molecule has 114 valence electrons. The topological polar surface area (TPSA) is 76.2 Å². The van der Waals surface area contributed by atoms with Gasteiger partial charge in [-0.15, -0.1) is 0 Å². The first-order chi connectivity index (χ1) is 10.6. The predicted octanol–water partition coefficient (Wildman–Crippen LogP) is 3.59. The van der Waals surface area contributed by atoms with E-state index in [2.05, 4.69) is 6.92 Å². The summed E-state index contributed by atoms with van der Waals surface area (Å²) >= 11 is 0. The van der Waals surface area contributed by atoms with Crippen LogP contribution in [-0.4, -0.2) is 18.4 Å². The second-order valence-electron chi connectivity index (χ2n) is 5.03. The van der Waals surface area contributed by atoms with E-state index in [0.717, 1.165) is 24.0 Å². The van der Waals surface area contributed by atoms with Crippen molar-refractivity contribution in [2.75, 3.05) is 6.61 Å². The minimum absolute atomic E-state index is 0.0267. The van der Waals surface area contributed by atoms with Gasteiger partial charge in [0.25, 0.3) is 0 Å². The first kappa shape index (κ1) is 15.8. The Morgan fingerprint density at radius 2 is 1.82 bits per heavy atom. The molecule has 0 unspecified atom stereocenters. The number of hydrogen-bond donors (Lipinski definition) is 2. The zero-order valence-corrected chi connectivity index (χ0v) is 12.6. The van der Waals surface area contributed by atoms with Crippen LogP contribution in [0, 0.1) is 5.41 Å². The fourth-order valence-electron chi connectivity index (χ4n) is 2.13. The van der Waals surface area contributed by atoms with E-state index in [1.165, 1.54) is 0 Å². The fraction of sp³-hybridized carbons (Fsp3) is 0.222. The van der Waals surface area contributed by atoms with Gasteiger partial charge in [-0.2, -0.15) is 0 Å². The number of nitrogens with one attached hydrogen (secondary N) is 1. The molecule has 0 aliphatic carbocycles. The molecule has 2 aromatic rings. The smallest absolute Gasteiger partial charge is 0.338 e. The molecular formula is C18H20N2O2. The van der Waals surface area contributed by atoms with Crippen LogP contribution in [-0.2, 0) is 4.74 Å². The summed E-state index contributed by atoms with van der Waals surface area (Å²) < 4.78 is 5.30. The van der Waals surface area contributed by atoms with Gasteiger partial charge in [0.05, 0.1) is 12.2 Å². The maximum Gasteiger partial charge on any atom is 0.338 e. The van der Waals surface area contributed by atoms with Gasteiger partial charge in [0.15, 0.2) is 0 Å². The molecule has 3 N–H and O–H groups in total. The second kappa shape index (κ2) is 7.41. The van der Waals surface area contributed by atoms with Crippen LogP contribution in [0.1, 0.15) is 35.7 Å². The number of esters is 1. The maximum absolute atomic E-state index is 12.2. The normalized spacial score (nSPS) is 10.2. The highest BCUT2D eigenvalue weighted by Crippen LogP contribution is 2.24. The molecule has 0 heterocycles. The predicted molar refractivity (Wildman–Crippen MR) is 88.1 cm³/mol. The van der Waals surface area contributed by atoms with Crippen LogP contribution in [0.5, 0.6) is 0 Å². The number of nitrogen functional groups attached to an aromatic ring is 1. The molecule has 0 radical (unpaired) electrons. The summed E-state index contributed by atoms with van der Waals surface area (Å²) in [5.41, 5.74) is 8.38. The van der Waals surface area contributed by atoms with Gasteiger partial charge in [0.2, 0.25) is 0 Å². The molecule has 2 rings (SSSR count). The maximum atomic E-state index is 12.2. The van der Waals surface area contributed by atoms with Crippen molar-refractivity contribution in [3.05, 3.63) is 59.7 Å². The Morgan fingerprint density at radius 1 is 1.14 bits per heavy atom. The van der Waals surface area contributed by atoms with Crippen LogP contribution in [0.25, 0.3) is 11.1 Å². The average molecular weight is 296 g/mol. The molecule has 0 bridgehead atoms. The Hall–Kier alpha value is -2.62. The molecule has 2 aromatic carbocycles. The monoisotopic (exact) mass is 296 g/mol. The van der Waals surface area contributed by atoms with Crippen molar-refractivity contribution >= 4 is 11.8 Å². The Labute approximate surface area is 130 Å². The van der Waals surface area contributed by atoms with Gasteiger partial charge in [-0.05, 0) is 23.6 Å². The molecule has 22 heavy (non-hydrogen) atoms. The van der Waals surface area contributed by atoms with E-state index in [0.29, 0.717) is 17.7 Å². The van der Waals surface area contributed by atoms with Gasteiger partial charge in [-0.3, -0.25) is 5.41 Å². The summed E-state index contributed by atoms with van der Waals surface area (Å²) in [6.45, 7) is 2.49. The first-order valence-electron chi connectivity index (χ1n) is 7.34. The zero-order valence-electron chi connectivity index (χ0n) is 12.6. The number of ether oxygens (including phenoxy) is 1. The van der Waals surface area contributed by atoms with Gasteiger partial charge >= 0.3 is 5.97 Å². The van der Waals surface area contributed by atoms with Crippen molar-refractivity contribution in [3.63, 3.8) is 0 Å². The van der Waals surface area contributed by atoms with Gasteiger partial charge in [0, 0.05) is 5.56 Å². The third kappa shape index (κ3) is 3.73. The van der Waals surface area contributed by atoms with Crippen LogP contribution >= 0.6 is 0 Å². The number of carbonyl (C=O) groups excluding carboxylic acids is 1. The minimum Gasteiger partial charge on any atom is -0.462 e. The molecular weight excluding hydrogens is 276 g/mol.